The van der Waals surface area contributed by atoms with Crippen molar-refractivity contribution < 1.29 is 24.2 Å². The first kappa shape index (κ1) is 16.3. The molecule has 1 aromatic carbocycles. The molecule has 0 spiro atoms. The first-order valence-electron chi connectivity index (χ1n) is 7.90. The van der Waals surface area contributed by atoms with Crippen molar-refractivity contribution in [3.63, 3.8) is 0 Å². The minimum atomic E-state index is -0.921. The summed E-state index contributed by atoms with van der Waals surface area (Å²) in [5, 5.41) is 9.28. The number of hydrogen-bond donors (Lipinski definition) is 1. The molecule has 128 valence electrons. The number of amides is 2. The lowest BCUT2D eigenvalue weighted by molar-refractivity contribution is -0.147. The van der Waals surface area contributed by atoms with E-state index in [9.17, 15) is 19.5 Å². The molecule has 0 unspecified atom stereocenters. The first-order valence-corrected chi connectivity index (χ1v) is 7.90. The zero-order chi connectivity index (χ0) is 17.5. The van der Waals surface area contributed by atoms with Crippen LogP contribution < -0.4 is 9.64 Å². The van der Waals surface area contributed by atoms with Gasteiger partial charge in [-0.1, -0.05) is 12.1 Å². The van der Waals surface area contributed by atoms with Crippen LogP contribution in [0.4, 0.5) is 5.69 Å². The summed E-state index contributed by atoms with van der Waals surface area (Å²) in [6.07, 6.45) is -0.242. The van der Waals surface area contributed by atoms with E-state index in [0.29, 0.717) is 24.4 Å². The number of rotatable bonds is 3. The zero-order valence-electron chi connectivity index (χ0n) is 13.7. The molecule has 1 fully saturated rings. The van der Waals surface area contributed by atoms with Gasteiger partial charge in [-0.05, 0) is 32.4 Å². The van der Waals surface area contributed by atoms with Gasteiger partial charge in [0.15, 0.2) is 6.10 Å². The molecule has 24 heavy (non-hydrogen) atoms. The van der Waals surface area contributed by atoms with Gasteiger partial charge in [-0.2, -0.15) is 0 Å². The van der Waals surface area contributed by atoms with Crippen molar-refractivity contribution in [3.05, 3.63) is 24.3 Å². The number of likely N-dealkylation sites (tertiary alicyclic amines) is 1. The van der Waals surface area contributed by atoms with Crippen LogP contribution in [-0.4, -0.2) is 53.5 Å². The van der Waals surface area contributed by atoms with Crippen molar-refractivity contribution in [1.82, 2.24) is 4.90 Å². The van der Waals surface area contributed by atoms with Gasteiger partial charge in [0, 0.05) is 13.1 Å². The molecular weight excluding hydrogens is 312 g/mol. The van der Waals surface area contributed by atoms with Crippen LogP contribution in [0.2, 0.25) is 0 Å². The molecule has 2 aliphatic rings. The third-order valence-electron chi connectivity index (χ3n) is 4.71. The molecule has 2 aliphatic heterocycles. The number of para-hydroxylation sites is 2. The summed E-state index contributed by atoms with van der Waals surface area (Å²) in [5.74, 6) is -0.868. The van der Waals surface area contributed by atoms with Gasteiger partial charge in [-0.15, -0.1) is 0 Å². The highest BCUT2D eigenvalue weighted by Gasteiger charge is 2.43. The molecule has 1 aromatic rings. The molecule has 0 aliphatic carbocycles. The lowest BCUT2D eigenvalue weighted by Crippen LogP contribution is -2.49. The Morgan fingerprint density at radius 3 is 2.75 bits per heavy atom. The number of carbonyl (C=O) groups is 3. The molecule has 3 rings (SSSR count). The van der Waals surface area contributed by atoms with E-state index in [1.165, 1.54) is 9.80 Å². The van der Waals surface area contributed by atoms with Crippen molar-refractivity contribution in [1.29, 1.82) is 0 Å². The van der Waals surface area contributed by atoms with Gasteiger partial charge in [0.05, 0.1) is 11.1 Å². The average Bonchev–Trinajstić information content (AvgIpc) is 2.96. The molecule has 0 saturated carbocycles. The summed E-state index contributed by atoms with van der Waals surface area (Å²) in [6, 6.07) is 7.07. The Balaban J connectivity index is 1.77. The largest absolute Gasteiger partial charge is 0.481 e. The molecule has 0 bridgehead atoms. The number of carboxylic acid groups (broad SMARTS) is 1. The second-order valence-corrected chi connectivity index (χ2v) is 6.58. The van der Waals surface area contributed by atoms with Crippen molar-refractivity contribution >= 4 is 23.5 Å². The number of nitrogens with zero attached hydrogens (tertiary/aromatic N) is 2. The van der Waals surface area contributed by atoms with Crippen LogP contribution in [-0.2, 0) is 14.4 Å². The summed E-state index contributed by atoms with van der Waals surface area (Å²) < 4.78 is 5.55. The Morgan fingerprint density at radius 2 is 2.08 bits per heavy atom. The fourth-order valence-corrected chi connectivity index (χ4v) is 3.11. The molecule has 2 heterocycles. The van der Waals surface area contributed by atoms with Crippen LogP contribution in [0.15, 0.2) is 24.3 Å². The lowest BCUT2D eigenvalue weighted by Gasteiger charge is -2.33. The van der Waals surface area contributed by atoms with Crippen LogP contribution in [0.3, 0.4) is 0 Å². The van der Waals surface area contributed by atoms with Crippen LogP contribution in [0.25, 0.3) is 0 Å². The van der Waals surface area contributed by atoms with Gasteiger partial charge < -0.3 is 14.7 Å². The third kappa shape index (κ3) is 2.70. The first-order chi connectivity index (χ1) is 11.3. The van der Waals surface area contributed by atoms with Crippen molar-refractivity contribution in [2.45, 2.75) is 26.4 Å². The smallest absolute Gasteiger partial charge is 0.311 e. The standard InChI is InChI=1S/C17H20N2O5/c1-11-15(21)19(12-5-3-4-6-13(12)24-11)9-14(20)18-8-7-17(2,10-18)16(22)23/h3-6,11H,7-10H2,1-2H3,(H,22,23)/t11-,17+/m0/s1. The van der Waals surface area contributed by atoms with E-state index in [4.69, 9.17) is 4.74 Å². The molecule has 1 N–H and O–H groups in total. The van der Waals surface area contributed by atoms with E-state index in [0.717, 1.165) is 0 Å². The van der Waals surface area contributed by atoms with Crippen LogP contribution in [0.5, 0.6) is 5.75 Å². The molecule has 7 nitrogen and oxygen atoms in total. The SMILES string of the molecule is C[C@@H]1Oc2ccccc2N(CC(=O)N2CC[C@@](C)(C(=O)O)C2)C1=O. The molecule has 2 atom stereocenters. The molecule has 7 heteroatoms. The van der Waals surface area contributed by atoms with E-state index in [1.54, 1.807) is 38.1 Å². The highest BCUT2D eigenvalue weighted by molar-refractivity contribution is 6.03. The predicted octanol–water partition coefficient (Wildman–Crippen LogP) is 1.12. The maximum Gasteiger partial charge on any atom is 0.311 e. The second kappa shape index (κ2) is 5.81. The van der Waals surface area contributed by atoms with Gasteiger partial charge in [0.2, 0.25) is 5.91 Å². The van der Waals surface area contributed by atoms with Gasteiger partial charge in [0.25, 0.3) is 5.91 Å². The number of carbonyl (C=O) groups excluding carboxylic acids is 2. The third-order valence-corrected chi connectivity index (χ3v) is 4.71. The number of ether oxygens (including phenoxy) is 1. The maximum absolute atomic E-state index is 12.6. The minimum Gasteiger partial charge on any atom is -0.481 e. The Hall–Kier alpha value is -2.57. The fourth-order valence-electron chi connectivity index (χ4n) is 3.11. The quantitative estimate of drug-likeness (QED) is 0.896. The number of benzene rings is 1. The Kier molecular flexibility index (Phi) is 3.95. The highest BCUT2D eigenvalue weighted by atomic mass is 16.5. The number of carboxylic acids is 1. The van der Waals surface area contributed by atoms with Gasteiger partial charge >= 0.3 is 5.97 Å². The average molecular weight is 332 g/mol. The summed E-state index contributed by atoms with van der Waals surface area (Å²) in [5.41, 5.74) is -0.357. The van der Waals surface area contributed by atoms with Crippen molar-refractivity contribution in [2.75, 3.05) is 24.5 Å². The Bertz CT molecular complexity index is 704. The monoisotopic (exact) mass is 332 g/mol. The molecule has 0 aromatic heterocycles. The van der Waals surface area contributed by atoms with Gasteiger partial charge in [-0.3, -0.25) is 19.3 Å². The maximum atomic E-state index is 12.6. The topological polar surface area (TPSA) is 87.2 Å². The van der Waals surface area contributed by atoms with Gasteiger partial charge in [0.1, 0.15) is 12.3 Å². The second-order valence-electron chi connectivity index (χ2n) is 6.58. The van der Waals surface area contributed by atoms with Crippen LogP contribution in [0.1, 0.15) is 20.3 Å². The summed E-state index contributed by atoms with van der Waals surface area (Å²) in [6.45, 7) is 3.72. The van der Waals surface area contributed by atoms with Crippen LogP contribution >= 0.6 is 0 Å². The lowest BCUT2D eigenvalue weighted by atomic mass is 9.90. The van der Waals surface area contributed by atoms with E-state index in [1.807, 2.05) is 0 Å². The highest BCUT2D eigenvalue weighted by Crippen LogP contribution is 2.34. The number of anilines is 1. The van der Waals surface area contributed by atoms with E-state index >= 15 is 0 Å². The fraction of sp³-hybridized carbons (Fsp3) is 0.471. The van der Waals surface area contributed by atoms with E-state index in [2.05, 4.69) is 0 Å². The minimum absolute atomic E-state index is 0.112. The predicted molar refractivity (Wildman–Crippen MR) is 85.8 cm³/mol. The zero-order valence-corrected chi connectivity index (χ0v) is 13.7. The molecular formula is C17H20N2O5. The van der Waals surface area contributed by atoms with Crippen molar-refractivity contribution in [3.8, 4) is 5.75 Å². The Morgan fingerprint density at radius 1 is 1.38 bits per heavy atom. The summed E-state index contributed by atoms with van der Waals surface area (Å²) in [7, 11) is 0. The summed E-state index contributed by atoms with van der Waals surface area (Å²) >= 11 is 0. The Labute approximate surface area is 139 Å². The molecule has 2 amide bonds. The van der Waals surface area contributed by atoms with E-state index < -0.39 is 17.5 Å². The van der Waals surface area contributed by atoms with Gasteiger partial charge in [-0.25, -0.2) is 0 Å². The van der Waals surface area contributed by atoms with E-state index in [-0.39, 0.29) is 24.9 Å². The molecule has 0 radical (unpaired) electrons. The number of aliphatic carboxylic acids is 1. The molecule has 1 saturated heterocycles. The number of hydrogen-bond acceptors (Lipinski definition) is 4. The van der Waals surface area contributed by atoms with Crippen molar-refractivity contribution in [2.24, 2.45) is 5.41 Å². The summed E-state index contributed by atoms with van der Waals surface area (Å²) in [4.78, 5) is 39.3. The normalized spacial score (nSPS) is 26.1. The number of fused-ring (bicyclic) bond motifs is 1. The van der Waals surface area contributed by atoms with Crippen LogP contribution in [0, 0.1) is 5.41 Å².